The normalized spacial score (nSPS) is 18.6. The Balaban J connectivity index is 2.29. The smallest absolute Gasteiger partial charge is 0.251 e. The number of fused-ring (bicyclic) bond motifs is 1. The second kappa shape index (κ2) is 9.20. The first-order chi connectivity index (χ1) is 15.8. The van der Waals surface area contributed by atoms with Crippen LogP contribution in [0.4, 0.5) is 0 Å². The van der Waals surface area contributed by atoms with E-state index in [4.69, 9.17) is 5.73 Å². The summed E-state index contributed by atoms with van der Waals surface area (Å²) in [5, 5.41) is 0.519. The summed E-state index contributed by atoms with van der Waals surface area (Å²) in [5.41, 5.74) is 11.4. The molecule has 0 fully saturated rings. The van der Waals surface area contributed by atoms with Crippen molar-refractivity contribution in [2.24, 2.45) is 5.73 Å². The van der Waals surface area contributed by atoms with Crippen LogP contribution in [0.25, 0.3) is 11.0 Å². The Bertz CT molecular complexity index is 1320. The van der Waals surface area contributed by atoms with Crippen molar-refractivity contribution in [3.63, 3.8) is 0 Å². The van der Waals surface area contributed by atoms with Gasteiger partial charge in [0.2, 0.25) is 10.0 Å². The molecule has 2 heterocycles. The van der Waals surface area contributed by atoms with E-state index >= 15 is 0 Å². The minimum absolute atomic E-state index is 0.209. The van der Waals surface area contributed by atoms with Crippen LogP contribution in [0.2, 0.25) is 16.6 Å². The molecule has 3 rings (SSSR count). The zero-order valence-corrected chi connectivity index (χ0v) is 22.9. The molecule has 182 valence electrons. The number of hydrogen-bond donors (Lipinski definition) is 1. The van der Waals surface area contributed by atoms with Gasteiger partial charge < -0.3 is 5.73 Å². The molecule has 0 bridgehead atoms. The number of carbonyl (C=O) groups excluding carboxylic acids is 1. The molecule has 2 N–H and O–H groups in total. The molecule has 8 heteroatoms. The van der Waals surface area contributed by atoms with E-state index in [1.807, 2.05) is 12.2 Å². The van der Waals surface area contributed by atoms with E-state index in [0.29, 0.717) is 34.0 Å². The van der Waals surface area contributed by atoms with E-state index in [2.05, 4.69) is 58.0 Å². The van der Waals surface area contributed by atoms with E-state index in [1.165, 1.54) is 16.4 Å². The molecule has 2 aromatic rings. The van der Waals surface area contributed by atoms with Crippen LogP contribution >= 0.6 is 0 Å². The van der Waals surface area contributed by atoms with Crippen molar-refractivity contribution in [1.82, 2.24) is 8.96 Å². The summed E-state index contributed by atoms with van der Waals surface area (Å²) in [6.07, 6.45) is 10.3. The van der Waals surface area contributed by atoms with Crippen molar-refractivity contribution >= 4 is 35.0 Å². The van der Waals surface area contributed by atoms with Gasteiger partial charge in [0, 0.05) is 23.3 Å². The van der Waals surface area contributed by atoms with Gasteiger partial charge in [0.15, 0.2) is 5.65 Å². The maximum atomic E-state index is 13.6. The maximum Gasteiger partial charge on any atom is 0.251 e. The number of primary amides is 1. The first-order valence-electron chi connectivity index (χ1n) is 11.7. The molecule has 0 aliphatic heterocycles. The fraction of sp³-hybridized carbons (Fsp3) is 0.462. The van der Waals surface area contributed by atoms with Crippen LogP contribution < -0.4 is 5.73 Å². The van der Waals surface area contributed by atoms with Gasteiger partial charge in [0.1, 0.15) is 12.8 Å². The Labute approximate surface area is 204 Å². The summed E-state index contributed by atoms with van der Waals surface area (Å²) in [7, 11) is -5.92. The fourth-order valence-corrected chi connectivity index (χ4v) is 12.1. The molecule has 1 unspecified atom stereocenters. The molecule has 1 amide bonds. The third kappa shape index (κ3) is 4.05. The van der Waals surface area contributed by atoms with Crippen LogP contribution in [0, 0.1) is 11.5 Å². The minimum atomic E-state index is -3.82. The summed E-state index contributed by atoms with van der Waals surface area (Å²) >= 11 is 0. The van der Waals surface area contributed by atoms with E-state index < -0.39 is 28.8 Å². The molecule has 1 aliphatic rings. The SMILES string of the molecule is CC(C)[Si](C#Cc1c(C(N)=O)cnc2c1ccn2S(=O)(=O)C1(C)C=CC=CC1)(C(C)C)C(C)C. The van der Waals surface area contributed by atoms with E-state index in [0.717, 1.165) is 0 Å². The van der Waals surface area contributed by atoms with Crippen LogP contribution in [0.1, 0.15) is 70.8 Å². The lowest BCUT2D eigenvalue weighted by molar-refractivity contribution is 0.1000. The van der Waals surface area contributed by atoms with Crippen molar-refractivity contribution in [3.8, 4) is 11.5 Å². The zero-order valence-electron chi connectivity index (χ0n) is 21.1. The van der Waals surface area contributed by atoms with Gasteiger partial charge in [-0.25, -0.2) is 17.4 Å². The van der Waals surface area contributed by atoms with Gasteiger partial charge >= 0.3 is 0 Å². The molecule has 0 spiro atoms. The molecule has 0 saturated carbocycles. The third-order valence-electron chi connectivity index (χ3n) is 7.28. The highest BCUT2D eigenvalue weighted by Crippen LogP contribution is 2.41. The van der Waals surface area contributed by atoms with Gasteiger partial charge in [-0.05, 0) is 36.0 Å². The molecule has 34 heavy (non-hydrogen) atoms. The van der Waals surface area contributed by atoms with Crippen LogP contribution in [0.5, 0.6) is 0 Å². The molecule has 2 aromatic heterocycles. The van der Waals surface area contributed by atoms with Crippen molar-refractivity contribution in [2.45, 2.75) is 76.3 Å². The van der Waals surface area contributed by atoms with Gasteiger partial charge in [-0.1, -0.05) is 71.8 Å². The lowest BCUT2D eigenvalue weighted by Gasteiger charge is -2.38. The number of nitrogens with zero attached hydrogens (tertiary/aromatic N) is 2. The van der Waals surface area contributed by atoms with Gasteiger partial charge in [0.05, 0.1) is 5.56 Å². The Morgan fingerprint density at radius 2 is 1.76 bits per heavy atom. The van der Waals surface area contributed by atoms with E-state index in [1.54, 1.807) is 25.1 Å². The van der Waals surface area contributed by atoms with E-state index in [-0.39, 0.29) is 11.2 Å². The maximum absolute atomic E-state index is 13.6. The summed E-state index contributed by atoms with van der Waals surface area (Å²) in [5.74, 6) is 2.68. The average molecular weight is 498 g/mol. The second-order valence-corrected chi connectivity index (χ2v) is 18.1. The first kappa shape index (κ1) is 26.0. The van der Waals surface area contributed by atoms with Gasteiger partial charge in [-0.15, -0.1) is 5.54 Å². The fourth-order valence-electron chi connectivity index (χ4n) is 5.31. The number of allylic oxidation sites excluding steroid dienone is 3. The number of aromatic nitrogens is 2. The number of pyridine rings is 1. The number of rotatable bonds is 6. The highest BCUT2D eigenvalue weighted by atomic mass is 32.2. The van der Waals surface area contributed by atoms with Crippen molar-refractivity contribution in [3.05, 3.63) is 53.9 Å². The van der Waals surface area contributed by atoms with Crippen LogP contribution in [0.3, 0.4) is 0 Å². The van der Waals surface area contributed by atoms with Crippen LogP contribution in [-0.4, -0.2) is 36.1 Å². The van der Waals surface area contributed by atoms with Crippen LogP contribution in [-0.2, 0) is 10.0 Å². The van der Waals surface area contributed by atoms with Crippen molar-refractivity contribution in [2.75, 3.05) is 0 Å². The Morgan fingerprint density at radius 1 is 1.15 bits per heavy atom. The predicted octanol–water partition coefficient (Wildman–Crippen LogP) is 5.16. The van der Waals surface area contributed by atoms with Crippen molar-refractivity contribution in [1.29, 1.82) is 0 Å². The summed E-state index contributed by atoms with van der Waals surface area (Å²) in [6, 6.07) is 1.67. The highest BCUT2D eigenvalue weighted by Gasteiger charge is 2.42. The second-order valence-electron chi connectivity index (χ2n) is 10.2. The molecule has 0 radical (unpaired) electrons. The van der Waals surface area contributed by atoms with Gasteiger partial charge in [0.25, 0.3) is 5.91 Å². The molecule has 1 aliphatic carbocycles. The number of nitrogens with two attached hydrogens (primary N) is 1. The summed E-state index contributed by atoms with van der Waals surface area (Å²) in [4.78, 5) is 16.6. The quantitative estimate of drug-likeness (QED) is 0.441. The topological polar surface area (TPSA) is 95.1 Å². The van der Waals surface area contributed by atoms with Gasteiger partial charge in [-0.2, -0.15) is 0 Å². The zero-order chi connectivity index (χ0) is 25.5. The third-order valence-corrected chi connectivity index (χ3v) is 15.9. The number of carbonyl (C=O) groups is 1. The molecule has 6 nitrogen and oxygen atoms in total. The molecular formula is C26H35N3O3SSi. The van der Waals surface area contributed by atoms with Gasteiger partial charge in [-0.3, -0.25) is 4.79 Å². The summed E-state index contributed by atoms with van der Waals surface area (Å²) in [6.45, 7) is 15.0. The minimum Gasteiger partial charge on any atom is -0.366 e. The summed E-state index contributed by atoms with van der Waals surface area (Å²) < 4.78 is 27.3. The Hall–Kier alpha value is -2.63. The Morgan fingerprint density at radius 3 is 2.26 bits per heavy atom. The molecular weight excluding hydrogens is 462 g/mol. The predicted molar refractivity (Wildman–Crippen MR) is 142 cm³/mol. The number of hydrogen-bond acceptors (Lipinski definition) is 4. The molecule has 1 atom stereocenters. The highest BCUT2D eigenvalue weighted by molar-refractivity contribution is 7.91. The number of amides is 1. The molecule has 0 aromatic carbocycles. The lowest BCUT2D eigenvalue weighted by atomic mass is 10.0. The van der Waals surface area contributed by atoms with Crippen LogP contribution in [0.15, 0.2) is 42.8 Å². The lowest BCUT2D eigenvalue weighted by Crippen LogP contribution is -2.43. The van der Waals surface area contributed by atoms with E-state index in [9.17, 15) is 13.2 Å². The average Bonchev–Trinajstić information content (AvgIpc) is 3.18. The molecule has 0 saturated heterocycles. The Kier molecular flexibility index (Phi) is 7.03. The monoisotopic (exact) mass is 497 g/mol. The first-order valence-corrected chi connectivity index (χ1v) is 15.4. The van der Waals surface area contributed by atoms with Crippen molar-refractivity contribution < 1.29 is 13.2 Å². The standard InChI is InChI=1S/C26H35N3O3SSi/c1-18(2)34(19(3)4,20(5)6)16-12-21-22-11-15-29(25(22)28-17-23(21)24(27)30)33(31,32)26(7)13-9-8-10-14-26/h8-11,13,15,17-20H,14H2,1-7H3,(H2,27,30). The largest absolute Gasteiger partial charge is 0.366 e.